The second kappa shape index (κ2) is 5.24. The molecule has 2 N–H and O–H groups in total. The van der Waals surface area contributed by atoms with Crippen LogP contribution in [0.25, 0.3) is 0 Å². The van der Waals surface area contributed by atoms with Crippen LogP contribution in [0.5, 0.6) is 0 Å². The third-order valence-corrected chi connectivity index (χ3v) is 4.22. The highest BCUT2D eigenvalue weighted by molar-refractivity contribution is 5.74. The van der Waals surface area contributed by atoms with Gasteiger partial charge < -0.3 is 10.6 Å². The van der Waals surface area contributed by atoms with Crippen molar-refractivity contribution < 1.29 is 18.0 Å². The van der Waals surface area contributed by atoms with Crippen LogP contribution in [-0.4, -0.2) is 18.5 Å². The first kappa shape index (κ1) is 14.2. The van der Waals surface area contributed by atoms with Crippen molar-refractivity contribution in [3.63, 3.8) is 0 Å². The van der Waals surface area contributed by atoms with E-state index in [-0.39, 0.29) is 43.2 Å². The Kier molecular flexibility index (Phi) is 3.55. The van der Waals surface area contributed by atoms with Crippen LogP contribution < -0.4 is 10.6 Å². The lowest BCUT2D eigenvalue weighted by atomic mass is 9.81. The van der Waals surface area contributed by atoms with Crippen molar-refractivity contribution in [2.75, 3.05) is 6.54 Å². The van der Waals surface area contributed by atoms with Crippen molar-refractivity contribution >= 4 is 6.03 Å². The fourth-order valence-corrected chi connectivity index (χ4v) is 3.10. The zero-order valence-electron chi connectivity index (χ0n) is 11.5. The Morgan fingerprint density at radius 1 is 1.33 bits per heavy atom. The molecular formula is C15H17F3N2O. The number of alkyl halides is 2. The number of halogens is 3. The minimum atomic E-state index is -2.56. The predicted octanol–water partition coefficient (Wildman–Crippen LogP) is 3.16. The van der Waals surface area contributed by atoms with E-state index in [2.05, 4.69) is 10.6 Å². The molecule has 6 heteroatoms. The summed E-state index contributed by atoms with van der Waals surface area (Å²) in [6.45, 7) is 0.254. The molecule has 1 unspecified atom stereocenters. The molecule has 3 rings (SSSR count). The van der Waals surface area contributed by atoms with E-state index in [1.54, 1.807) is 6.07 Å². The molecule has 3 nitrogen and oxygen atoms in total. The second-order valence-corrected chi connectivity index (χ2v) is 5.92. The first-order valence-electron chi connectivity index (χ1n) is 7.13. The molecule has 0 aromatic heterocycles. The smallest absolute Gasteiger partial charge is 0.315 e. The number of fused-ring (bicyclic) bond motifs is 1. The number of urea groups is 1. The van der Waals surface area contributed by atoms with Crippen LogP contribution in [-0.2, 0) is 6.42 Å². The number of hydrogen-bond acceptors (Lipinski definition) is 1. The number of benzene rings is 1. The standard InChI is InChI=1S/C15H17F3N2O/c16-11-3-1-10-2-4-13(12(10)5-11)20-14(21)19-8-9-6-15(17,18)7-9/h1,3,5,9,13H,2,4,6-8H2,(H2,19,20,21). The maximum absolute atomic E-state index is 13.3. The summed E-state index contributed by atoms with van der Waals surface area (Å²) in [5.41, 5.74) is 1.85. The maximum atomic E-state index is 13.3. The fourth-order valence-electron chi connectivity index (χ4n) is 3.10. The van der Waals surface area contributed by atoms with Gasteiger partial charge in [-0.3, -0.25) is 0 Å². The van der Waals surface area contributed by atoms with Gasteiger partial charge in [-0.15, -0.1) is 0 Å². The molecule has 0 heterocycles. The van der Waals surface area contributed by atoms with Crippen LogP contribution >= 0.6 is 0 Å². The summed E-state index contributed by atoms with van der Waals surface area (Å²) in [4.78, 5) is 11.8. The molecule has 2 amide bonds. The number of carbonyl (C=O) groups excluding carboxylic acids is 1. The van der Waals surface area contributed by atoms with Crippen LogP contribution in [0.1, 0.15) is 36.4 Å². The summed E-state index contributed by atoms with van der Waals surface area (Å²) in [6.07, 6.45) is 1.21. The molecule has 0 spiro atoms. The summed E-state index contributed by atoms with van der Waals surface area (Å²) in [7, 11) is 0. The van der Waals surface area contributed by atoms with E-state index in [1.165, 1.54) is 12.1 Å². The van der Waals surface area contributed by atoms with Gasteiger partial charge in [-0.25, -0.2) is 18.0 Å². The van der Waals surface area contributed by atoms with Crippen LogP contribution in [0.3, 0.4) is 0 Å². The van der Waals surface area contributed by atoms with Crippen molar-refractivity contribution in [3.8, 4) is 0 Å². The number of hydrogen-bond donors (Lipinski definition) is 2. The lowest BCUT2D eigenvalue weighted by Gasteiger charge is -2.34. The number of carbonyl (C=O) groups is 1. The van der Waals surface area contributed by atoms with E-state index in [0.717, 1.165) is 24.0 Å². The molecule has 1 saturated carbocycles. The molecule has 1 aromatic rings. The van der Waals surface area contributed by atoms with E-state index >= 15 is 0 Å². The van der Waals surface area contributed by atoms with Gasteiger partial charge in [0.05, 0.1) is 6.04 Å². The van der Waals surface area contributed by atoms with Crippen molar-refractivity contribution in [3.05, 3.63) is 35.1 Å². The van der Waals surface area contributed by atoms with E-state index in [1.807, 2.05) is 0 Å². The van der Waals surface area contributed by atoms with Gasteiger partial charge in [-0.2, -0.15) is 0 Å². The first-order chi connectivity index (χ1) is 9.93. The lowest BCUT2D eigenvalue weighted by Crippen LogP contribution is -2.45. The Morgan fingerprint density at radius 3 is 2.81 bits per heavy atom. The topological polar surface area (TPSA) is 41.1 Å². The van der Waals surface area contributed by atoms with Crippen molar-refractivity contribution in [1.29, 1.82) is 0 Å². The fraction of sp³-hybridized carbons (Fsp3) is 0.533. The van der Waals surface area contributed by atoms with Gasteiger partial charge >= 0.3 is 6.03 Å². The highest BCUT2D eigenvalue weighted by atomic mass is 19.3. The summed E-state index contributed by atoms with van der Waals surface area (Å²) in [5.74, 6) is -3.04. The highest BCUT2D eigenvalue weighted by Crippen LogP contribution is 2.41. The summed E-state index contributed by atoms with van der Waals surface area (Å²) in [6, 6.07) is 4.00. The minimum Gasteiger partial charge on any atom is -0.338 e. The maximum Gasteiger partial charge on any atom is 0.315 e. The van der Waals surface area contributed by atoms with Gasteiger partial charge in [0.15, 0.2) is 0 Å². The van der Waals surface area contributed by atoms with Gasteiger partial charge in [0.2, 0.25) is 5.92 Å². The molecule has 1 aromatic carbocycles. The normalized spacial score (nSPS) is 23.3. The van der Waals surface area contributed by atoms with Gasteiger partial charge in [-0.05, 0) is 42.0 Å². The molecule has 0 radical (unpaired) electrons. The number of nitrogens with one attached hydrogen (secondary N) is 2. The van der Waals surface area contributed by atoms with Gasteiger partial charge in [0.25, 0.3) is 0 Å². The molecular weight excluding hydrogens is 281 g/mol. The molecule has 1 atom stereocenters. The molecule has 0 aliphatic heterocycles. The Morgan fingerprint density at radius 2 is 2.10 bits per heavy atom. The monoisotopic (exact) mass is 298 g/mol. The molecule has 0 saturated heterocycles. The zero-order chi connectivity index (χ0) is 15.0. The van der Waals surface area contributed by atoms with Crippen molar-refractivity contribution in [2.24, 2.45) is 5.92 Å². The van der Waals surface area contributed by atoms with Crippen LogP contribution in [0, 0.1) is 11.7 Å². The van der Waals surface area contributed by atoms with E-state index in [9.17, 15) is 18.0 Å². The van der Waals surface area contributed by atoms with E-state index in [4.69, 9.17) is 0 Å². The number of rotatable bonds is 3. The molecule has 21 heavy (non-hydrogen) atoms. The van der Waals surface area contributed by atoms with Gasteiger partial charge in [0, 0.05) is 19.4 Å². The predicted molar refractivity (Wildman–Crippen MR) is 71.7 cm³/mol. The van der Waals surface area contributed by atoms with E-state index in [0.29, 0.717) is 0 Å². The first-order valence-corrected chi connectivity index (χ1v) is 7.13. The average molecular weight is 298 g/mol. The highest BCUT2D eigenvalue weighted by Gasteiger charge is 2.45. The number of amides is 2. The largest absolute Gasteiger partial charge is 0.338 e. The molecule has 2 aliphatic rings. The summed E-state index contributed by atoms with van der Waals surface area (Å²) < 4.78 is 38.6. The van der Waals surface area contributed by atoms with Crippen LogP contribution in [0.2, 0.25) is 0 Å². The quantitative estimate of drug-likeness (QED) is 0.884. The van der Waals surface area contributed by atoms with Gasteiger partial charge in [-0.1, -0.05) is 6.07 Å². The Bertz CT molecular complexity index is 554. The van der Waals surface area contributed by atoms with Crippen molar-refractivity contribution in [1.82, 2.24) is 10.6 Å². The van der Waals surface area contributed by atoms with Crippen LogP contribution in [0.15, 0.2) is 18.2 Å². The van der Waals surface area contributed by atoms with E-state index < -0.39 is 5.92 Å². The Hall–Kier alpha value is -1.72. The molecule has 114 valence electrons. The Balaban J connectivity index is 1.49. The van der Waals surface area contributed by atoms with Gasteiger partial charge in [0.1, 0.15) is 5.82 Å². The molecule has 1 fully saturated rings. The third-order valence-electron chi connectivity index (χ3n) is 4.22. The molecule has 2 aliphatic carbocycles. The number of aryl methyl sites for hydroxylation is 1. The minimum absolute atomic E-state index is 0.154. The summed E-state index contributed by atoms with van der Waals surface area (Å²) in [5, 5.41) is 5.40. The Labute approximate surface area is 120 Å². The SMILES string of the molecule is O=C(NCC1CC(F)(F)C1)NC1CCc2ccc(F)cc21. The average Bonchev–Trinajstić information content (AvgIpc) is 2.76. The second-order valence-electron chi connectivity index (χ2n) is 5.92. The van der Waals surface area contributed by atoms with Crippen molar-refractivity contribution in [2.45, 2.75) is 37.6 Å². The van der Waals surface area contributed by atoms with Crippen LogP contribution in [0.4, 0.5) is 18.0 Å². The lowest BCUT2D eigenvalue weighted by molar-refractivity contribution is -0.108. The third kappa shape index (κ3) is 3.14. The molecule has 0 bridgehead atoms. The zero-order valence-corrected chi connectivity index (χ0v) is 11.5. The summed E-state index contributed by atoms with van der Waals surface area (Å²) >= 11 is 0.